The molecule has 0 saturated heterocycles. The molecule has 4 heteroatoms. The van der Waals surface area contributed by atoms with E-state index in [9.17, 15) is 4.79 Å². The molecule has 0 aromatic carbocycles. The first-order valence-electron chi connectivity index (χ1n) is 5.75. The molecule has 0 heterocycles. The first-order valence-corrected chi connectivity index (χ1v) is 5.75. The standard InChI is InChI=1S/C11H25N3O/c1-5-11(10(12)15,13-6-2)8-9-14(4)7-3/h13H,5-9H2,1-4H3,(H2,12,15). The van der Waals surface area contributed by atoms with Gasteiger partial charge in [0, 0.05) is 6.54 Å². The average molecular weight is 215 g/mol. The van der Waals surface area contributed by atoms with E-state index in [0.717, 1.165) is 32.5 Å². The average Bonchev–Trinajstić information content (AvgIpc) is 2.23. The highest BCUT2D eigenvalue weighted by molar-refractivity contribution is 5.84. The molecule has 0 aliphatic rings. The Hall–Kier alpha value is -0.610. The van der Waals surface area contributed by atoms with E-state index in [1.54, 1.807) is 0 Å². The molecule has 0 fully saturated rings. The minimum absolute atomic E-state index is 0.239. The highest BCUT2D eigenvalue weighted by Gasteiger charge is 2.33. The van der Waals surface area contributed by atoms with Crippen LogP contribution in [0.25, 0.3) is 0 Å². The lowest BCUT2D eigenvalue weighted by Gasteiger charge is -2.32. The Morgan fingerprint density at radius 3 is 2.33 bits per heavy atom. The van der Waals surface area contributed by atoms with Crippen molar-refractivity contribution in [2.75, 3.05) is 26.7 Å². The van der Waals surface area contributed by atoms with Crippen molar-refractivity contribution in [2.45, 2.75) is 39.2 Å². The van der Waals surface area contributed by atoms with Gasteiger partial charge in [-0.25, -0.2) is 0 Å². The number of hydrogen-bond donors (Lipinski definition) is 2. The SMILES string of the molecule is CCNC(CC)(CCN(C)CC)C(N)=O. The number of amides is 1. The summed E-state index contributed by atoms with van der Waals surface area (Å²) in [7, 11) is 2.05. The Morgan fingerprint density at radius 1 is 1.40 bits per heavy atom. The molecular weight excluding hydrogens is 190 g/mol. The van der Waals surface area contributed by atoms with E-state index >= 15 is 0 Å². The van der Waals surface area contributed by atoms with Crippen molar-refractivity contribution in [3.05, 3.63) is 0 Å². The molecule has 0 aliphatic carbocycles. The zero-order chi connectivity index (χ0) is 11.9. The summed E-state index contributed by atoms with van der Waals surface area (Å²) in [5, 5.41) is 3.22. The smallest absolute Gasteiger partial charge is 0.237 e. The van der Waals surface area contributed by atoms with Crippen molar-refractivity contribution in [1.82, 2.24) is 10.2 Å². The number of nitrogens with two attached hydrogens (primary N) is 1. The Morgan fingerprint density at radius 2 is 2.00 bits per heavy atom. The number of likely N-dealkylation sites (N-methyl/N-ethyl adjacent to an activating group) is 1. The van der Waals surface area contributed by atoms with Crippen LogP contribution in [0.4, 0.5) is 0 Å². The van der Waals surface area contributed by atoms with Gasteiger partial charge >= 0.3 is 0 Å². The van der Waals surface area contributed by atoms with Crippen molar-refractivity contribution in [3.8, 4) is 0 Å². The monoisotopic (exact) mass is 215 g/mol. The van der Waals surface area contributed by atoms with Gasteiger partial charge in [-0.05, 0) is 33.0 Å². The third kappa shape index (κ3) is 4.18. The maximum absolute atomic E-state index is 11.5. The van der Waals surface area contributed by atoms with E-state index in [4.69, 9.17) is 5.73 Å². The summed E-state index contributed by atoms with van der Waals surface area (Å²) in [4.78, 5) is 13.7. The second-order valence-electron chi connectivity index (χ2n) is 3.98. The largest absolute Gasteiger partial charge is 0.368 e. The van der Waals surface area contributed by atoms with Gasteiger partial charge in [-0.15, -0.1) is 0 Å². The normalized spacial score (nSPS) is 15.3. The lowest BCUT2D eigenvalue weighted by atomic mass is 9.90. The van der Waals surface area contributed by atoms with Crippen LogP contribution in [0.1, 0.15) is 33.6 Å². The molecule has 0 spiro atoms. The quantitative estimate of drug-likeness (QED) is 0.622. The minimum Gasteiger partial charge on any atom is -0.368 e. The van der Waals surface area contributed by atoms with Crippen LogP contribution in [0.2, 0.25) is 0 Å². The number of rotatable bonds is 8. The maximum Gasteiger partial charge on any atom is 0.237 e. The van der Waals surface area contributed by atoms with E-state index < -0.39 is 5.54 Å². The number of carbonyl (C=O) groups excluding carboxylic acids is 1. The van der Waals surface area contributed by atoms with E-state index in [1.807, 2.05) is 20.9 Å². The fourth-order valence-corrected chi connectivity index (χ4v) is 1.65. The second-order valence-corrected chi connectivity index (χ2v) is 3.98. The van der Waals surface area contributed by atoms with Gasteiger partial charge in [0.05, 0.1) is 5.54 Å². The zero-order valence-electron chi connectivity index (χ0n) is 10.5. The topological polar surface area (TPSA) is 58.4 Å². The van der Waals surface area contributed by atoms with Crippen LogP contribution in [0, 0.1) is 0 Å². The molecule has 0 aliphatic heterocycles. The molecule has 90 valence electrons. The number of nitrogens with zero attached hydrogens (tertiary/aromatic N) is 1. The predicted molar refractivity (Wildman–Crippen MR) is 63.7 cm³/mol. The summed E-state index contributed by atoms with van der Waals surface area (Å²) in [6, 6.07) is 0. The first-order chi connectivity index (χ1) is 7.02. The molecule has 0 radical (unpaired) electrons. The predicted octanol–water partition coefficient (Wildman–Crippen LogP) is 0.572. The Bertz CT molecular complexity index is 196. The molecule has 15 heavy (non-hydrogen) atoms. The third-order valence-corrected chi connectivity index (χ3v) is 3.05. The lowest BCUT2D eigenvalue weighted by Crippen LogP contribution is -2.56. The summed E-state index contributed by atoms with van der Waals surface area (Å²) in [6.45, 7) is 8.75. The Balaban J connectivity index is 4.41. The van der Waals surface area contributed by atoms with Crippen LogP contribution < -0.4 is 11.1 Å². The molecule has 1 amide bonds. The molecule has 0 saturated carbocycles. The molecule has 0 aromatic heterocycles. The summed E-state index contributed by atoms with van der Waals surface area (Å²) in [6.07, 6.45) is 1.52. The van der Waals surface area contributed by atoms with Gasteiger partial charge in [0.15, 0.2) is 0 Å². The Labute approximate surface area is 93.2 Å². The second kappa shape index (κ2) is 6.80. The van der Waals surface area contributed by atoms with Gasteiger partial charge < -0.3 is 16.0 Å². The van der Waals surface area contributed by atoms with E-state index in [0.29, 0.717) is 0 Å². The van der Waals surface area contributed by atoms with Crippen molar-refractivity contribution in [3.63, 3.8) is 0 Å². The highest BCUT2D eigenvalue weighted by atomic mass is 16.1. The summed E-state index contributed by atoms with van der Waals surface area (Å²) >= 11 is 0. The van der Waals surface area contributed by atoms with Gasteiger partial charge in [-0.2, -0.15) is 0 Å². The molecule has 0 rings (SSSR count). The molecule has 1 unspecified atom stereocenters. The highest BCUT2D eigenvalue weighted by Crippen LogP contribution is 2.15. The fraction of sp³-hybridized carbons (Fsp3) is 0.909. The van der Waals surface area contributed by atoms with E-state index in [1.165, 1.54) is 0 Å². The van der Waals surface area contributed by atoms with E-state index in [-0.39, 0.29) is 5.91 Å². The van der Waals surface area contributed by atoms with Gasteiger partial charge in [0.25, 0.3) is 0 Å². The number of nitrogens with one attached hydrogen (secondary N) is 1. The zero-order valence-corrected chi connectivity index (χ0v) is 10.5. The van der Waals surface area contributed by atoms with Crippen molar-refractivity contribution in [1.29, 1.82) is 0 Å². The van der Waals surface area contributed by atoms with Crippen LogP contribution in [0.5, 0.6) is 0 Å². The molecule has 1 atom stereocenters. The van der Waals surface area contributed by atoms with Crippen LogP contribution in [0.3, 0.4) is 0 Å². The van der Waals surface area contributed by atoms with Crippen molar-refractivity contribution < 1.29 is 4.79 Å². The third-order valence-electron chi connectivity index (χ3n) is 3.05. The van der Waals surface area contributed by atoms with Crippen LogP contribution >= 0.6 is 0 Å². The maximum atomic E-state index is 11.5. The van der Waals surface area contributed by atoms with E-state index in [2.05, 4.69) is 17.1 Å². The van der Waals surface area contributed by atoms with Gasteiger partial charge in [0.2, 0.25) is 5.91 Å². The lowest BCUT2D eigenvalue weighted by molar-refractivity contribution is -0.125. The summed E-state index contributed by atoms with van der Waals surface area (Å²) in [5.74, 6) is -0.239. The number of primary amides is 1. The van der Waals surface area contributed by atoms with Gasteiger partial charge in [-0.3, -0.25) is 4.79 Å². The molecule has 0 aromatic rings. The Kier molecular flexibility index (Phi) is 6.52. The molecule has 3 N–H and O–H groups in total. The van der Waals surface area contributed by atoms with Crippen molar-refractivity contribution >= 4 is 5.91 Å². The molecule has 0 bridgehead atoms. The van der Waals surface area contributed by atoms with Crippen molar-refractivity contribution in [2.24, 2.45) is 5.73 Å². The number of carbonyl (C=O) groups is 1. The van der Waals surface area contributed by atoms with Crippen LogP contribution in [-0.2, 0) is 4.79 Å². The van der Waals surface area contributed by atoms with Crippen LogP contribution in [-0.4, -0.2) is 43.0 Å². The van der Waals surface area contributed by atoms with Gasteiger partial charge in [-0.1, -0.05) is 20.8 Å². The van der Waals surface area contributed by atoms with Gasteiger partial charge in [0.1, 0.15) is 0 Å². The summed E-state index contributed by atoms with van der Waals surface area (Å²) in [5.41, 5.74) is 4.95. The summed E-state index contributed by atoms with van der Waals surface area (Å²) < 4.78 is 0. The number of hydrogen-bond acceptors (Lipinski definition) is 3. The molecular formula is C11H25N3O. The fourth-order valence-electron chi connectivity index (χ4n) is 1.65. The first kappa shape index (κ1) is 14.4. The minimum atomic E-state index is -0.530. The van der Waals surface area contributed by atoms with Crippen LogP contribution in [0.15, 0.2) is 0 Å². The molecule has 4 nitrogen and oxygen atoms in total.